The number of aryl methyl sites for hydroxylation is 2. The molecule has 1 saturated heterocycles. The van der Waals surface area contributed by atoms with Gasteiger partial charge >= 0.3 is 0 Å². The molecule has 0 spiro atoms. The van der Waals surface area contributed by atoms with E-state index in [4.69, 9.17) is 4.98 Å². The number of carbonyl (C=O) groups is 2. The van der Waals surface area contributed by atoms with E-state index < -0.39 is 0 Å². The number of H-pyrrole nitrogens is 1. The number of carbonyl (C=O) groups excluding carboxylic acids is 2. The van der Waals surface area contributed by atoms with Gasteiger partial charge in [-0.1, -0.05) is 26.2 Å². The van der Waals surface area contributed by atoms with Crippen molar-refractivity contribution in [2.75, 3.05) is 49.1 Å². The Balaban J connectivity index is 1.32. The highest BCUT2D eigenvalue weighted by molar-refractivity contribution is 6.02. The summed E-state index contributed by atoms with van der Waals surface area (Å²) in [6.45, 7) is 13.7. The molecule has 2 amide bonds. The maximum absolute atomic E-state index is 14.0. The van der Waals surface area contributed by atoms with Crippen LogP contribution >= 0.6 is 0 Å². The third-order valence-electron chi connectivity index (χ3n) is 10.5. The van der Waals surface area contributed by atoms with Crippen LogP contribution in [-0.4, -0.2) is 66.0 Å². The van der Waals surface area contributed by atoms with Gasteiger partial charge in [0.2, 0.25) is 5.91 Å². The Morgan fingerprint density at radius 3 is 2.42 bits per heavy atom. The van der Waals surface area contributed by atoms with Gasteiger partial charge in [-0.3, -0.25) is 19.3 Å². The Labute approximate surface area is 285 Å². The maximum Gasteiger partial charge on any atom is 0.253 e. The molecule has 48 heavy (non-hydrogen) atoms. The van der Waals surface area contributed by atoms with Crippen LogP contribution in [0.3, 0.4) is 0 Å². The second-order valence-corrected chi connectivity index (χ2v) is 14.1. The van der Waals surface area contributed by atoms with E-state index >= 15 is 0 Å². The molecule has 1 aliphatic heterocycles. The molecule has 3 aliphatic rings. The quantitative estimate of drug-likeness (QED) is 0.249. The Bertz CT molecular complexity index is 1680. The Hall–Kier alpha value is -3.98. The predicted molar refractivity (Wildman–Crippen MR) is 193 cm³/mol. The normalized spacial score (nSPS) is 17.1. The number of piperazine rings is 1. The highest BCUT2D eigenvalue weighted by Crippen LogP contribution is 2.35. The van der Waals surface area contributed by atoms with Crippen molar-refractivity contribution in [1.29, 1.82) is 0 Å². The van der Waals surface area contributed by atoms with E-state index in [2.05, 4.69) is 39.2 Å². The van der Waals surface area contributed by atoms with Crippen LogP contribution < -0.4 is 20.7 Å². The number of aromatic amines is 1. The molecule has 2 N–H and O–H groups in total. The first kappa shape index (κ1) is 33.9. The zero-order valence-electron chi connectivity index (χ0n) is 29.2. The molecule has 1 aromatic carbocycles. The highest BCUT2D eigenvalue weighted by atomic mass is 16.2. The number of nitrogens with zero attached hydrogens (tertiary/aromatic N) is 4. The third-order valence-corrected chi connectivity index (χ3v) is 10.5. The van der Waals surface area contributed by atoms with E-state index in [1.165, 1.54) is 19.4 Å². The third kappa shape index (κ3) is 7.67. The van der Waals surface area contributed by atoms with E-state index in [1.807, 2.05) is 50.1 Å². The minimum absolute atomic E-state index is 0.0154. The number of rotatable bonds is 12. The SMILES string of the molecule is CCCc1cc(C)[nH]c(=O)c1CNC(=O)c1cc(-c2ccnc(N3CCN(CC4CC4)CC3)c2)cc(N(CC)C(=O)C2CCCC2)c1C. The molecule has 0 radical (unpaired) electrons. The first-order valence-electron chi connectivity index (χ1n) is 18.1. The number of benzene rings is 1. The van der Waals surface area contributed by atoms with Crippen molar-refractivity contribution in [2.45, 2.75) is 85.6 Å². The lowest BCUT2D eigenvalue weighted by molar-refractivity contribution is -0.122. The van der Waals surface area contributed by atoms with Gasteiger partial charge in [0.15, 0.2) is 0 Å². The average molecular weight is 653 g/mol. The molecular formula is C39H52N6O3. The van der Waals surface area contributed by atoms with Gasteiger partial charge in [0.25, 0.3) is 11.5 Å². The molecule has 6 rings (SSSR count). The largest absolute Gasteiger partial charge is 0.354 e. The minimum atomic E-state index is -0.261. The molecule has 2 aromatic heterocycles. The monoisotopic (exact) mass is 652 g/mol. The molecule has 2 saturated carbocycles. The van der Waals surface area contributed by atoms with Crippen molar-refractivity contribution in [1.82, 2.24) is 20.2 Å². The van der Waals surface area contributed by atoms with Crippen molar-refractivity contribution in [3.05, 3.63) is 74.8 Å². The number of pyridine rings is 2. The molecule has 3 fully saturated rings. The average Bonchev–Trinajstić information content (AvgIpc) is 3.72. The second kappa shape index (κ2) is 15.1. The molecule has 256 valence electrons. The minimum Gasteiger partial charge on any atom is -0.354 e. The fraction of sp³-hybridized carbons (Fsp3) is 0.538. The van der Waals surface area contributed by atoms with Crippen LogP contribution in [0.2, 0.25) is 0 Å². The van der Waals surface area contributed by atoms with Crippen LogP contribution in [0.25, 0.3) is 11.1 Å². The second-order valence-electron chi connectivity index (χ2n) is 14.1. The van der Waals surface area contributed by atoms with Gasteiger partial charge in [0.1, 0.15) is 5.82 Å². The molecule has 0 atom stereocenters. The summed E-state index contributed by atoms with van der Waals surface area (Å²) in [6.07, 6.45) is 10.2. The van der Waals surface area contributed by atoms with E-state index in [1.54, 1.807) is 0 Å². The first-order chi connectivity index (χ1) is 23.2. The lowest BCUT2D eigenvalue weighted by atomic mass is 9.96. The van der Waals surface area contributed by atoms with Crippen molar-refractivity contribution in [3.63, 3.8) is 0 Å². The summed E-state index contributed by atoms with van der Waals surface area (Å²) < 4.78 is 0. The summed E-state index contributed by atoms with van der Waals surface area (Å²) in [5.74, 6) is 1.71. The molecular weight excluding hydrogens is 600 g/mol. The summed E-state index contributed by atoms with van der Waals surface area (Å²) in [5, 5.41) is 3.06. The summed E-state index contributed by atoms with van der Waals surface area (Å²) in [6, 6.07) is 10.1. The van der Waals surface area contributed by atoms with Crippen LogP contribution in [0.5, 0.6) is 0 Å². The highest BCUT2D eigenvalue weighted by Gasteiger charge is 2.30. The Kier molecular flexibility index (Phi) is 10.6. The molecule has 2 aliphatic carbocycles. The van der Waals surface area contributed by atoms with Crippen molar-refractivity contribution < 1.29 is 9.59 Å². The van der Waals surface area contributed by atoms with Gasteiger partial charge in [-0.2, -0.15) is 0 Å². The fourth-order valence-electron chi connectivity index (χ4n) is 7.55. The van der Waals surface area contributed by atoms with Gasteiger partial charge in [-0.25, -0.2) is 4.98 Å². The number of aromatic nitrogens is 2. The van der Waals surface area contributed by atoms with Crippen LogP contribution in [-0.2, 0) is 17.8 Å². The zero-order chi connectivity index (χ0) is 33.8. The number of nitrogens with one attached hydrogen (secondary N) is 2. The van der Waals surface area contributed by atoms with Gasteiger partial charge in [0.05, 0.1) is 0 Å². The van der Waals surface area contributed by atoms with E-state index in [0.29, 0.717) is 17.7 Å². The maximum atomic E-state index is 14.0. The first-order valence-corrected chi connectivity index (χ1v) is 18.1. The van der Waals surface area contributed by atoms with Gasteiger partial charge in [0, 0.05) is 80.4 Å². The number of amides is 2. The summed E-state index contributed by atoms with van der Waals surface area (Å²) >= 11 is 0. The molecule has 0 unspecified atom stereocenters. The summed E-state index contributed by atoms with van der Waals surface area (Å²) in [7, 11) is 0. The van der Waals surface area contributed by atoms with Gasteiger partial charge < -0.3 is 20.1 Å². The van der Waals surface area contributed by atoms with Crippen LogP contribution in [0.4, 0.5) is 11.5 Å². The number of anilines is 2. The Morgan fingerprint density at radius 2 is 1.73 bits per heavy atom. The predicted octanol–water partition coefficient (Wildman–Crippen LogP) is 6.01. The van der Waals surface area contributed by atoms with Crippen LogP contribution in [0.15, 0.2) is 41.3 Å². The zero-order valence-corrected chi connectivity index (χ0v) is 29.2. The topological polar surface area (TPSA) is 102 Å². The lowest BCUT2D eigenvalue weighted by Gasteiger charge is -2.35. The molecule has 9 heteroatoms. The van der Waals surface area contributed by atoms with E-state index in [9.17, 15) is 14.4 Å². The number of hydrogen-bond donors (Lipinski definition) is 2. The number of hydrogen-bond acceptors (Lipinski definition) is 6. The van der Waals surface area contributed by atoms with Crippen molar-refractivity contribution >= 4 is 23.3 Å². The van der Waals surface area contributed by atoms with Crippen molar-refractivity contribution in [3.8, 4) is 11.1 Å². The summed E-state index contributed by atoms with van der Waals surface area (Å²) in [4.78, 5) is 55.3. The molecule has 0 bridgehead atoms. The van der Waals surface area contributed by atoms with E-state index in [-0.39, 0.29) is 29.8 Å². The molecule has 3 aromatic rings. The smallest absolute Gasteiger partial charge is 0.253 e. The van der Waals surface area contributed by atoms with Crippen LogP contribution in [0.1, 0.15) is 91.5 Å². The summed E-state index contributed by atoms with van der Waals surface area (Å²) in [5.41, 5.74) is 6.06. The van der Waals surface area contributed by atoms with Crippen LogP contribution in [0, 0.1) is 25.7 Å². The Morgan fingerprint density at radius 1 is 0.979 bits per heavy atom. The molecule has 3 heterocycles. The fourth-order valence-corrected chi connectivity index (χ4v) is 7.55. The van der Waals surface area contributed by atoms with Crippen molar-refractivity contribution in [2.24, 2.45) is 11.8 Å². The van der Waals surface area contributed by atoms with E-state index in [0.717, 1.165) is 110 Å². The molecule has 9 nitrogen and oxygen atoms in total. The van der Waals surface area contributed by atoms with Gasteiger partial charge in [-0.15, -0.1) is 0 Å². The standard InChI is InChI=1S/C39H52N6O3/c1-5-9-31-20-26(3)42-38(47)34(31)24-41-37(46)33-21-32(22-35(27(33)4)45(6-2)39(48)29-10-7-8-11-29)30-14-15-40-36(23-30)44-18-16-43(17-19-44)25-28-12-13-28/h14-15,20-23,28-29H,5-13,16-19,24-25H2,1-4H3,(H,41,46)(H,42,47). The lowest BCUT2D eigenvalue weighted by Crippen LogP contribution is -2.47. The van der Waals surface area contributed by atoms with Gasteiger partial charge in [-0.05, 0) is 111 Å².